The zero-order valence-corrected chi connectivity index (χ0v) is 19.1. The molecule has 0 aliphatic carbocycles. The van der Waals surface area contributed by atoms with Crippen LogP contribution in [0.2, 0.25) is 0 Å². The summed E-state index contributed by atoms with van der Waals surface area (Å²) in [6.07, 6.45) is 0. The smallest absolute Gasteiger partial charge is 0.332 e. The molecule has 168 valence electrons. The van der Waals surface area contributed by atoms with Gasteiger partial charge in [0.1, 0.15) is 0 Å². The van der Waals surface area contributed by atoms with Crippen LogP contribution in [0.15, 0.2) is 39.9 Å². The molecule has 0 aliphatic rings. The number of aromatic nitrogens is 6. The van der Waals surface area contributed by atoms with Gasteiger partial charge in [0.05, 0.1) is 25.4 Å². The van der Waals surface area contributed by atoms with Crippen LogP contribution in [0.1, 0.15) is 29.4 Å². The summed E-state index contributed by atoms with van der Waals surface area (Å²) in [5.74, 6) is 0.503. The van der Waals surface area contributed by atoms with E-state index in [1.54, 1.807) is 11.7 Å². The van der Waals surface area contributed by atoms with E-state index in [2.05, 4.69) is 5.10 Å². The molecule has 1 aromatic carbocycles. The highest BCUT2D eigenvalue weighted by molar-refractivity contribution is 5.73. The molecule has 0 saturated heterocycles. The van der Waals surface area contributed by atoms with Gasteiger partial charge in [-0.25, -0.2) is 9.48 Å². The summed E-state index contributed by atoms with van der Waals surface area (Å²) in [4.78, 5) is 31.2. The molecule has 3 aromatic heterocycles. The van der Waals surface area contributed by atoms with Crippen LogP contribution in [0.5, 0.6) is 0 Å². The van der Waals surface area contributed by atoms with Gasteiger partial charge < -0.3 is 4.74 Å². The summed E-state index contributed by atoms with van der Waals surface area (Å²) in [6.45, 7) is 9.18. The van der Waals surface area contributed by atoms with E-state index in [4.69, 9.17) is 9.72 Å². The topological polar surface area (TPSA) is 88.9 Å². The second-order valence-electron chi connectivity index (χ2n) is 7.93. The number of ether oxygens (including phenoxy) is 1. The summed E-state index contributed by atoms with van der Waals surface area (Å²) in [6, 6.07) is 9.98. The molecule has 0 fully saturated rings. The fraction of sp³-hybridized carbons (Fsp3) is 0.391. The first-order valence-corrected chi connectivity index (χ1v) is 10.7. The lowest BCUT2D eigenvalue weighted by Crippen LogP contribution is -2.40. The van der Waals surface area contributed by atoms with Gasteiger partial charge in [0.2, 0.25) is 5.95 Å². The highest BCUT2D eigenvalue weighted by Crippen LogP contribution is 2.20. The zero-order chi connectivity index (χ0) is 23.0. The van der Waals surface area contributed by atoms with Crippen LogP contribution >= 0.6 is 0 Å². The predicted octanol–water partition coefficient (Wildman–Crippen LogP) is 2.09. The van der Waals surface area contributed by atoms with Gasteiger partial charge >= 0.3 is 5.69 Å². The van der Waals surface area contributed by atoms with Crippen LogP contribution < -0.4 is 11.2 Å². The van der Waals surface area contributed by atoms with E-state index in [1.165, 1.54) is 9.13 Å². The van der Waals surface area contributed by atoms with Crippen molar-refractivity contribution in [3.63, 3.8) is 0 Å². The second-order valence-corrected chi connectivity index (χ2v) is 7.93. The van der Waals surface area contributed by atoms with E-state index in [0.29, 0.717) is 30.3 Å². The monoisotopic (exact) mass is 436 g/mol. The number of aryl methyl sites for hydroxylation is 4. The summed E-state index contributed by atoms with van der Waals surface area (Å²) in [5, 5.41) is 4.58. The van der Waals surface area contributed by atoms with E-state index >= 15 is 0 Å². The second kappa shape index (κ2) is 8.58. The molecule has 0 unspecified atom stereocenters. The Morgan fingerprint density at radius 1 is 1.06 bits per heavy atom. The molecule has 0 N–H and O–H groups in total. The van der Waals surface area contributed by atoms with Gasteiger partial charge in [0, 0.05) is 19.3 Å². The average molecular weight is 437 g/mol. The van der Waals surface area contributed by atoms with Gasteiger partial charge in [0.15, 0.2) is 11.2 Å². The van der Waals surface area contributed by atoms with Gasteiger partial charge in [-0.3, -0.25) is 18.5 Å². The van der Waals surface area contributed by atoms with Gasteiger partial charge in [0.25, 0.3) is 5.56 Å². The number of imidazole rings is 1. The predicted molar refractivity (Wildman–Crippen MR) is 123 cm³/mol. The lowest BCUT2D eigenvalue weighted by Gasteiger charge is -2.13. The maximum absolute atomic E-state index is 13.5. The van der Waals surface area contributed by atoms with E-state index in [0.717, 1.165) is 22.5 Å². The van der Waals surface area contributed by atoms with Gasteiger partial charge in [-0.05, 0) is 44.9 Å². The first kappa shape index (κ1) is 21.8. The van der Waals surface area contributed by atoms with Crippen molar-refractivity contribution in [2.75, 3.05) is 13.2 Å². The molecule has 4 aromatic rings. The SMILES string of the molecule is CCOCCn1c(=O)c2c(nc(-n3nc(C)cc3C)n2Cc2ccccc2C)n(C)c1=O. The Hall–Kier alpha value is -3.46. The molecule has 0 spiro atoms. The molecule has 32 heavy (non-hydrogen) atoms. The van der Waals surface area contributed by atoms with Crippen molar-refractivity contribution in [2.45, 2.75) is 40.8 Å². The van der Waals surface area contributed by atoms with E-state index in [1.807, 2.05) is 62.6 Å². The van der Waals surface area contributed by atoms with Crippen molar-refractivity contribution in [1.82, 2.24) is 28.5 Å². The Labute approximate surface area is 185 Å². The first-order chi connectivity index (χ1) is 15.3. The van der Waals surface area contributed by atoms with E-state index < -0.39 is 5.69 Å². The highest BCUT2D eigenvalue weighted by atomic mass is 16.5. The van der Waals surface area contributed by atoms with Crippen molar-refractivity contribution in [3.8, 4) is 5.95 Å². The normalized spacial score (nSPS) is 11.5. The molecule has 0 amide bonds. The Bertz CT molecular complexity index is 1410. The van der Waals surface area contributed by atoms with E-state index in [-0.39, 0.29) is 18.7 Å². The fourth-order valence-electron chi connectivity index (χ4n) is 3.96. The number of fused-ring (bicyclic) bond motifs is 1. The van der Waals surface area contributed by atoms with Gasteiger partial charge in [-0.1, -0.05) is 24.3 Å². The average Bonchev–Trinajstić information content (AvgIpc) is 3.30. The number of nitrogens with zero attached hydrogens (tertiary/aromatic N) is 6. The number of hydrogen-bond donors (Lipinski definition) is 0. The van der Waals surface area contributed by atoms with Crippen molar-refractivity contribution >= 4 is 11.2 Å². The number of rotatable bonds is 7. The number of hydrogen-bond acceptors (Lipinski definition) is 5. The molecule has 4 rings (SSSR count). The molecule has 0 aliphatic heterocycles. The summed E-state index contributed by atoms with van der Waals surface area (Å²) >= 11 is 0. The van der Waals surface area contributed by atoms with Crippen molar-refractivity contribution < 1.29 is 4.74 Å². The molecule has 0 saturated carbocycles. The summed E-state index contributed by atoms with van der Waals surface area (Å²) in [5.41, 5.74) is 3.82. The summed E-state index contributed by atoms with van der Waals surface area (Å²) < 4.78 is 11.6. The molecule has 3 heterocycles. The van der Waals surface area contributed by atoms with Crippen molar-refractivity contribution in [2.24, 2.45) is 7.05 Å². The molecule has 0 atom stereocenters. The van der Waals surface area contributed by atoms with Crippen LogP contribution in [0.4, 0.5) is 0 Å². The number of benzene rings is 1. The third-order valence-electron chi connectivity index (χ3n) is 5.66. The highest BCUT2D eigenvalue weighted by Gasteiger charge is 2.23. The third-order valence-corrected chi connectivity index (χ3v) is 5.66. The van der Waals surface area contributed by atoms with Gasteiger partial charge in [-0.2, -0.15) is 10.1 Å². The lowest BCUT2D eigenvalue weighted by atomic mass is 10.1. The maximum atomic E-state index is 13.5. The molecule has 9 nitrogen and oxygen atoms in total. The first-order valence-electron chi connectivity index (χ1n) is 10.7. The van der Waals surface area contributed by atoms with Crippen molar-refractivity contribution in [1.29, 1.82) is 0 Å². The minimum absolute atomic E-state index is 0.181. The maximum Gasteiger partial charge on any atom is 0.332 e. The molecular formula is C23H28N6O3. The summed E-state index contributed by atoms with van der Waals surface area (Å²) in [7, 11) is 1.64. The Kier molecular flexibility index (Phi) is 5.84. The van der Waals surface area contributed by atoms with Gasteiger partial charge in [-0.15, -0.1) is 0 Å². The quantitative estimate of drug-likeness (QED) is 0.414. The standard InChI is InChI=1S/C23H28N6O3/c1-6-32-12-11-27-21(30)19-20(26(5)23(27)31)24-22(29-17(4)13-16(3)25-29)28(19)14-18-10-8-7-9-15(18)2/h7-10,13H,6,11-12,14H2,1-5H3. The fourth-order valence-corrected chi connectivity index (χ4v) is 3.96. The van der Waals surface area contributed by atoms with E-state index in [9.17, 15) is 9.59 Å². The Morgan fingerprint density at radius 3 is 2.47 bits per heavy atom. The lowest BCUT2D eigenvalue weighted by molar-refractivity contribution is 0.137. The molecule has 9 heteroatoms. The molecule has 0 bridgehead atoms. The minimum atomic E-state index is -0.414. The Balaban J connectivity index is 2.03. The van der Waals surface area contributed by atoms with Crippen LogP contribution in [0, 0.1) is 20.8 Å². The molecular weight excluding hydrogens is 408 g/mol. The van der Waals surface area contributed by atoms with Crippen LogP contribution in [-0.2, 0) is 24.9 Å². The largest absolute Gasteiger partial charge is 0.380 e. The van der Waals surface area contributed by atoms with Crippen LogP contribution in [0.3, 0.4) is 0 Å². The zero-order valence-electron chi connectivity index (χ0n) is 19.1. The Morgan fingerprint density at radius 2 is 1.81 bits per heavy atom. The van der Waals surface area contributed by atoms with Crippen LogP contribution in [0.25, 0.3) is 17.1 Å². The minimum Gasteiger partial charge on any atom is -0.380 e. The van der Waals surface area contributed by atoms with Crippen LogP contribution in [-0.4, -0.2) is 41.7 Å². The molecule has 0 radical (unpaired) electrons. The third kappa shape index (κ3) is 3.69. The van der Waals surface area contributed by atoms with Crippen molar-refractivity contribution in [3.05, 3.63) is 73.7 Å².